The lowest BCUT2D eigenvalue weighted by Crippen LogP contribution is -2.21. The summed E-state index contributed by atoms with van der Waals surface area (Å²) in [6.45, 7) is 2.84. The van der Waals surface area contributed by atoms with Gasteiger partial charge in [-0.1, -0.05) is 13.3 Å². The maximum absolute atomic E-state index is 9.38. The average Bonchev–Trinajstić information content (AvgIpc) is 2.01. The molecule has 0 aliphatic heterocycles. The Morgan fingerprint density at radius 3 is 2.25 bits per heavy atom. The number of nitrogens with one attached hydrogen (secondary N) is 1. The van der Waals surface area contributed by atoms with Crippen molar-refractivity contribution in [1.82, 2.24) is 5.32 Å². The Morgan fingerprint density at radius 2 is 1.75 bits per heavy atom. The third-order valence-electron chi connectivity index (χ3n) is 1.89. The highest BCUT2D eigenvalue weighted by molar-refractivity contribution is 4.63. The molecular formula is C9H21NO2. The second-order valence-electron chi connectivity index (χ2n) is 3.22. The molecule has 0 aromatic rings. The fourth-order valence-corrected chi connectivity index (χ4v) is 1.19. The molecule has 0 saturated carbocycles. The van der Waals surface area contributed by atoms with Crippen molar-refractivity contribution in [2.75, 3.05) is 13.6 Å². The van der Waals surface area contributed by atoms with Crippen LogP contribution in [0.2, 0.25) is 0 Å². The van der Waals surface area contributed by atoms with Crippen molar-refractivity contribution >= 4 is 0 Å². The first kappa shape index (κ1) is 11.9. The molecule has 2 atom stereocenters. The van der Waals surface area contributed by atoms with Gasteiger partial charge >= 0.3 is 0 Å². The van der Waals surface area contributed by atoms with Crippen LogP contribution in [0, 0.1) is 0 Å². The van der Waals surface area contributed by atoms with Gasteiger partial charge in [0.15, 0.2) is 0 Å². The normalized spacial score (nSPS) is 16.0. The first-order valence-electron chi connectivity index (χ1n) is 4.71. The molecule has 0 aliphatic carbocycles. The summed E-state index contributed by atoms with van der Waals surface area (Å²) in [5, 5.41) is 21.7. The summed E-state index contributed by atoms with van der Waals surface area (Å²) in [5.41, 5.74) is 0. The topological polar surface area (TPSA) is 52.5 Å². The van der Waals surface area contributed by atoms with Crippen LogP contribution < -0.4 is 5.32 Å². The first-order chi connectivity index (χ1) is 5.70. The van der Waals surface area contributed by atoms with Gasteiger partial charge in [-0.15, -0.1) is 0 Å². The Bertz CT molecular complexity index is 98.5. The molecule has 74 valence electrons. The molecule has 0 spiro atoms. The van der Waals surface area contributed by atoms with E-state index in [0.717, 1.165) is 25.8 Å². The minimum atomic E-state index is -0.362. The van der Waals surface area contributed by atoms with E-state index in [1.165, 1.54) is 0 Å². The molecule has 0 radical (unpaired) electrons. The number of hydrogen-bond acceptors (Lipinski definition) is 3. The highest BCUT2D eigenvalue weighted by Gasteiger charge is 2.09. The molecule has 3 nitrogen and oxygen atoms in total. The van der Waals surface area contributed by atoms with Gasteiger partial charge in [-0.3, -0.25) is 0 Å². The predicted molar refractivity (Wildman–Crippen MR) is 50.1 cm³/mol. The van der Waals surface area contributed by atoms with Gasteiger partial charge in [-0.25, -0.2) is 0 Å². The Kier molecular flexibility index (Phi) is 7.45. The van der Waals surface area contributed by atoms with E-state index in [0.29, 0.717) is 6.42 Å². The molecule has 3 heteroatoms. The molecule has 12 heavy (non-hydrogen) atoms. The Hall–Kier alpha value is -0.120. The van der Waals surface area contributed by atoms with Crippen molar-refractivity contribution in [2.24, 2.45) is 0 Å². The summed E-state index contributed by atoms with van der Waals surface area (Å²) in [6.07, 6.45) is 2.30. The summed E-state index contributed by atoms with van der Waals surface area (Å²) in [7, 11) is 1.86. The minimum absolute atomic E-state index is 0.332. The zero-order valence-electron chi connectivity index (χ0n) is 8.08. The second-order valence-corrected chi connectivity index (χ2v) is 3.22. The molecular weight excluding hydrogens is 154 g/mol. The van der Waals surface area contributed by atoms with Crippen LogP contribution in [0.5, 0.6) is 0 Å². The van der Waals surface area contributed by atoms with E-state index < -0.39 is 0 Å². The van der Waals surface area contributed by atoms with Gasteiger partial charge in [-0.2, -0.15) is 0 Å². The van der Waals surface area contributed by atoms with Crippen molar-refractivity contribution in [3.05, 3.63) is 0 Å². The third-order valence-corrected chi connectivity index (χ3v) is 1.89. The highest BCUT2D eigenvalue weighted by atomic mass is 16.3. The van der Waals surface area contributed by atoms with Gasteiger partial charge in [0.25, 0.3) is 0 Å². The molecule has 0 heterocycles. The van der Waals surface area contributed by atoms with Crippen molar-refractivity contribution in [3.63, 3.8) is 0 Å². The van der Waals surface area contributed by atoms with E-state index in [9.17, 15) is 10.2 Å². The Balaban J connectivity index is 3.33. The summed E-state index contributed by atoms with van der Waals surface area (Å²) < 4.78 is 0. The van der Waals surface area contributed by atoms with Gasteiger partial charge in [0.05, 0.1) is 12.2 Å². The number of rotatable bonds is 7. The first-order valence-corrected chi connectivity index (χ1v) is 4.71. The van der Waals surface area contributed by atoms with Crippen LogP contribution in [-0.4, -0.2) is 36.0 Å². The zero-order chi connectivity index (χ0) is 9.40. The van der Waals surface area contributed by atoms with Gasteiger partial charge in [0.2, 0.25) is 0 Å². The number of aliphatic hydroxyl groups is 2. The fourth-order valence-electron chi connectivity index (χ4n) is 1.19. The average molecular weight is 175 g/mol. The largest absolute Gasteiger partial charge is 0.393 e. The van der Waals surface area contributed by atoms with E-state index in [2.05, 4.69) is 5.32 Å². The minimum Gasteiger partial charge on any atom is -0.393 e. The molecule has 3 N–H and O–H groups in total. The predicted octanol–water partition coefficient (Wildman–Crippen LogP) is 0.508. The molecule has 0 bridgehead atoms. The second kappa shape index (κ2) is 7.53. The van der Waals surface area contributed by atoms with Crippen molar-refractivity contribution < 1.29 is 10.2 Å². The highest BCUT2D eigenvalue weighted by Crippen LogP contribution is 2.06. The van der Waals surface area contributed by atoms with Gasteiger partial charge < -0.3 is 15.5 Å². The van der Waals surface area contributed by atoms with E-state index in [4.69, 9.17) is 0 Å². The standard InChI is InChI=1S/C9H21NO2/c1-3-4-8(11)7-9(12)5-6-10-2/h8-12H,3-7H2,1-2H3. The van der Waals surface area contributed by atoms with E-state index in [1.807, 2.05) is 14.0 Å². The summed E-state index contributed by atoms with van der Waals surface area (Å²) >= 11 is 0. The van der Waals surface area contributed by atoms with Crippen LogP contribution >= 0.6 is 0 Å². The van der Waals surface area contributed by atoms with E-state index in [1.54, 1.807) is 0 Å². The molecule has 0 fully saturated rings. The summed E-state index contributed by atoms with van der Waals surface area (Å²) in [5.74, 6) is 0. The molecule has 0 aromatic heterocycles. The quantitative estimate of drug-likeness (QED) is 0.528. The fraction of sp³-hybridized carbons (Fsp3) is 1.00. The summed E-state index contributed by atoms with van der Waals surface area (Å²) in [6, 6.07) is 0. The monoisotopic (exact) mass is 175 g/mol. The Morgan fingerprint density at radius 1 is 1.17 bits per heavy atom. The van der Waals surface area contributed by atoms with Crippen LogP contribution in [0.4, 0.5) is 0 Å². The van der Waals surface area contributed by atoms with Crippen molar-refractivity contribution in [1.29, 1.82) is 0 Å². The van der Waals surface area contributed by atoms with Crippen LogP contribution in [0.1, 0.15) is 32.6 Å². The van der Waals surface area contributed by atoms with Crippen LogP contribution in [0.3, 0.4) is 0 Å². The van der Waals surface area contributed by atoms with Gasteiger partial charge in [0.1, 0.15) is 0 Å². The van der Waals surface area contributed by atoms with Crippen molar-refractivity contribution in [2.45, 2.75) is 44.8 Å². The maximum Gasteiger partial charge on any atom is 0.0577 e. The zero-order valence-corrected chi connectivity index (χ0v) is 8.08. The van der Waals surface area contributed by atoms with Crippen LogP contribution in [0.25, 0.3) is 0 Å². The lowest BCUT2D eigenvalue weighted by Gasteiger charge is -2.14. The smallest absolute Gasteiger partial charge is 0.0577 e. The van der Waals surface area contributed by atoms with Gasteiger partial charge in [-0.05, 0) is 32.9 Å². The lowest BCUT2D eigenvalue weighted by molar-refractivity contribution is 0.0711. The number of aliphatic hydroxyl groups excluding tert-OH is 2. The maximum atomic E-state index is 9.38. The van der Waals surface area contributed by atoms with Crippen molar-refractivity contribution in [3.8, 4) is 0 Å². The molecule has 0 rings (SSSR count). The summed E-state index contributed by atoms with van der Waals surface area (Å²) in [4.78, 5) is 0. The molecule has 2 unspecified atom stereocenters. The number of hydrogen-bond donors (Lipinski definition) is 3. The van der Waals surface area contributed by atoms with E-state index >= 15 is 0 Å². The SMILES string of the molecule is CCCC(O)CC(O)CCNC. The third kappa shape index (κ3) is 6.58. The van der Waals surface area contributed by atoms with Gasteiger partial charge in [0, 0.05) is 0 Å². The molecule has 0 aliphatic rings. The Labute approximate surface area is 74.8 Å². The van der Waals surface area contributed by atoms with Crippen LogP contribution in [-0.2, 0) is 0 Å². The molecule has 0 saturated heterocycles. The van der Waals surface area contributed by atoms with Crippen LogP contribution in [0.15, 0.2) is 0 Å². The molecule has 0 amide bonds. The lowest BCUT2D eigenvalue weighted by atomic mass is 10.1. The van der Waals surface area contributed by atoms with E-state index in [-0.39, 0.29) is 12.2 Å². The molecule has 0 aromatic carbocycles.